The maximum atomic E-state index is 12.6. The van der Waals surface area contributed by atoms with Crippen molar-refractivity contribution in [2.75, 3.05) is 20.2 Å². The fourth-order valence-corrected chi connectivity index (χ4v) is 3.18. The summed E-state index contributed by atoms with van der Waals surface area (Å²) in [4.78, 5) is 18.6. The van der Waals surface area contributed by atoms with Crippen molar-refractivity contribution in [1.82, 2.24) is 25.4 Å². The summed E-state index contributed by atoms with van der Waals surface area (Å²) >= 11 is 0. The van der Waals surface area contributed by atoms with Crippen molar-refractivity contribution in [3.8, 4) is 5.75 Å². The topological polar surface area (TPSA) is 83.1 Å². The Labute approximate surface area is 141 Å². The van der Waals surface area contributed by atoms with Crippen LogP contribution < -0.4 is 10.1 Å². The van der Waals surface area contributed by atoms with Crippen LogP contribution in [-0.2, 0) is 0 Å². The lowest BCUT2D eigenvalue weighted by Crippen LogP contribution is -2.45. The van der Waals surface area contributed by atoms with Crippen LogP contribution in [-0.4, -0.2) is 46.3 Å². The standard InChI is InChI=1S/C17H23N5O2/c1-12(14-5-7-18-10-16(14)24-2)20-17(23)22-9-3-4-13(11-22)15-6-8-19-21-15/h5-8,10,12-13H,3-4,9,11H2,1-2H3,(H,19,21)(H,20,23)/t12-,13-/m0/s1. The first-order valence-electron chi connectivity index (χ1n) is 8.21. The van der Waals surface area contributed by atoms with E-state index in [0.717, 1.165) is 30.6 Å². The zero-order valence-corrected chi connectivity index (χ0v) is 14.0. The van der Waals surface area contributed by atoms with Crippen molar-refractivity contribution >= 4 is 6.03 Å². The van der Waals surface area contributed by atoms with Crippen LogP contribution in [0, 0.1) is 0 Å². The predicted molar refractivity (Wildman–Crippen MR) is 89.9 cm³/mol. The summed E-state index contributed by atoms with van der Waals surface area (Å²) in [6.45, 7) is 3.43. The summed E-state index contributed by atoms with van der Waals surface area (Å²) in [7, 11) is 1.61. The lowest BCUT2D eigenvalue weighted by molar-refractivity contribution is 0.176. The van der Waals surface area contributed by atoms with Crippen LogP contribution in [0.2, 0.25) is 0 Å². The van der Waals surface area contributed by atoms with E-state index in [9.17, 15) is 4.79 Å². The molecule has 2 aromatic heterocycles. The van der Waals surface area contributed by atoms with Crippen LogP contribution in [0.1, 0.15) is 43.0 Å². The van der Waals surface area contributed by atoms with Gasteiger partial charge in [-0.05, 0) is 31.9 Å². The summed E-state index contributed by atoms with van der Waals surface area (Å²) in [5.41, 5.74) is 2.01. The fourth-order valence-electron chi connectivity index (χ4n) is 3.18. The largest absolute Gasteiger partial charge is 0.495 e. The molecule has 1 fully saturated rings. The third-order valence-electron chi connectivity index (χ3n) is 4.51. The molecule has 0 saturated carbocycles. The number of carbonyl (C=O) groups is 1. The lowest BCUT2D eigenvalue weighted by Gasteiger charge is -2.33. The number of piperidine rings is 1. The molecule has 3 rings (SSSR count). The maximum Gasteiger partial charge on any atom is 0.317 e. The molecule has 1 aliphatic rings. The molecule has 2 atom stereocenters. The molecule has 24 heavy (non-hydrogen) atoms. The smallest absolute Gasteiger partial charge is 0.317 e. The Kier molecular flexibility index (Phi) is 4.98. The van der Waals surface area contributed by atoms with Crippen molar-refractivity contribution in [3.63, 3.8) is 0 Å². The molecule has 1 aliphatic heterocycles. The molecule has 0 bridgehead atoms. The van der Waals surface area contributed by atoms with E-state index in [1.807, 2.05) is 24.0 Å². The van der Waals surface area contributed by atoms with Gasteiger partial charge in [0.05, 0.1) is 19.3 Å². The number of carbonyl (C=O) groups excluding carboxylic acids is 1. The molecule has 0 aliphatic carbocycles. The molecule has 0 aromatic carbocycles. The van der Waals surface area contributed by atoms with Gasteiger partial charge in [0.1, 0.15) is 5.75 Å². The van der Waals surface area contributed by atoms with Gasteiger partial charge in [-0.25, -0.2) is 4.79 Å². The molecule has 128 valence electrons. The number of amides is 2. The quantitative estimate of drug-likeness (QED) is 0.902. The van der Waals surface area contributed by atoms with E-state index < -0.39 is 0 Å². The number of nitrogens with one attached hydrogen (secondary N) is 2. The summed E-state index contributed by atoms with van der Waals surface area (Å²) < 4.78 is 5.32. The van der Waals surface area contributed by atoms with Gasteiger partial charge in [0.2, 0.25) is 0 Å². The minimum atomic E-state index is -0.150. The van der Waals surface area contributed by atoms with Gasteiger partial charge < -0.3 is 15.0 Å². The number of H-pyrrole nitrogens is 1. The Morgan fingerprint density at radius 1 is 1.46 bits per heavy atom. The van der Waals surface area contributed by atoms with E-state index in [1.165, 1.54) is 0 Å². The second-order valence-corrected chi connectivity index (χ2v) is 6.09. The second-order valence-electron chi connectivity index (χ2n) is 6.09. The number of pyridine rings is 1. The Bertz CT molecular complexity index is 673. The van der Waals surface area contributed by atoms with E-state index in [4.69, 9.17) is 4.74 Å². The molecule has 2 amide bonds. The first-order valence-corrected chi connectivity index (χ1v) is 8.21. The van der Waals surface area contributed by atoms with Crippen LogP contribution in [0.4, 0.5) is 4.79 Å². The number of rotatable bonds is 4. The Morgan fingerprint density at radius 2 is 2.33 bits per heavy atom. The zero-order chi connectivity index (χ0) is 16.9. The number of hydrogen-bond acceptors (Lipinski definition) is 4. The van der Waals surface area contributed by atoms with E-state index in [2.05, 4.69) is 20.5 Å². The molecule has 2 aromatic rings. The minimum absolute atomic E-state index is 0.0504. The molecule has 1 saturated heterocycles. The molecule has 0 unspecified atom stereocenters. The number of aromatic amines is 1. The predicted octanol–water partition coefficient (Wildman–Crippen LogP) is 2.46. The van der Waals surface area contributed by atoms with E-state index >= 15 is 0 Å². The highest BCUT2D eigenvalue weighted by atomic mass is 16.5. The van der Waals surface area contributed by atoms with Gasteiger partial charge >= 0.3 is 6.03 Å². The van der Waals surface area contributed by atoms with Gasteiger partial charge in [-0.2, -0.15) is 5.10 Å². The Hall–Kier alpha value is -2.57. The lowest BCUT2D eigenvalue weighted by atomic mass is 9.95. The highest BCUT2D eigenvalue weighted by Crippen LogP contribution is 2.27. The Balaban J connectivity index is 1.64. The summed E-state index contributed by atoms with van der Waals surface area (Å²) in [6, 6.07) is 3.65. The summed E-state index contributed by atoms with van der Waals surface area (Å²) in [5, 5.41) is 10.1. The monoisotopic (exact) mass is 329 g/mol. The number of methoxy groups -OCH3 is 1. The number of urea groups is 1. The van der Waals surface area contributed by atoms with Gasteiger partial charge in [0, 0.05) is 42.7 Å². The van der Waals surface area contributed by atoms with E-state index in [1.54, 1.807) is 25.7 Å². The summed E-state index contributed by atoms with van der Waals surface area (Å²) in [6.07, 6.45) is 7.18. The number of likely N-dealkylation sites (tertiary alicyclic amines) is 1. The number of ether oxygens (including phenoxy) is 1. The van der Waals surface area contributed by atoms with Crippen LogP contribution in [0.3, 0.4) is 0 Å². The normalized spacial score (nSPS) is 18.9. The molecule has 7 heteroatoms. The zero-order valence-electron chi connectivity index (χ0n) is 14.0. The molecule has 0 spiro atoms. The molecular weight excluding hydrogens is 306 g/mol. The molecule has 2 N–H and O–H groups in total. The van der Waals surface area contributed by atoms with Gasteiger partial charge in [0.25, 0.3) is 0 Å². The minimum Gasteiger partial charge on any atom is -0.495 e. The van der Waals surface area contributed by atoms with Crippen molar-refractivity contribution < 1.29 is 9.53 Å². The van der Waals surface area contributed by atoms with Gasteiger partial charge in [0.15, 0.2) is 0 Å². The highest BCUT2D eigenvalue weighted by Gasteiger charge is 2.26. The number of aromatic nitrogens is 3. The highest BCUT2D eigenvalue weighted by molar-refractivity contribution is 5.75. The first kappa shape index (κ1) is 16.3. The van der Waals surface area contributed by atoms with Crippen molar-refractivity contribution in [3.05, 3.63) is 42.0 Å². The van der Waals surface area contributed by atoms with E-state index in [0.29, 0.717) is 18.2 Å². The molecule has 3 heterocycles. The Morgan fingerprint density at radius 3 is 3.08 bits per heavy atom. The molecule has 7 nitrogen and oxygen atoms in total. The maximum absolute atomic E-state index is 12.6. The average Bonchev–Trinajstić information content (AvgIpc) is 3.16. The van der Waals surface area contributed by atoms with Gasteiger partial charge in [-0.1, -0.05) is 0 Å². The second kappa shape index (κ2) is 7.33. The molecular formula is C17H23N5O2. The van der Waals surface area contributed by atoms with E-state index in [-0.39, 0.29) is 12.1 Å². The van der Waals surface area contributed by atoms with Gasteiger partial charge in [-0.15, -0.1) is 0 Å². The summed E-state index contributed by atoms with van der Waals surface area (Å²) in [5.74, 6) is 0.997. The average molecular weight is 329 g/mol. The van der Waals surface area contributed by atoms with Crippen molar-refractivity contribution in [1.29, 1.82) is 0 Å². The van der Waals surface area contributed by atoms with Crippen LogP contribution in [0.5, 0.6) is 5.75 Å². The van der Waals surface area contributed by atoms with Crippen molar-refractivity contribution in [2.24, 2.45) is 0 Å². The van der Waals surface area contributed by atoms with Crippen LogP contribution >= 0.6 is 0 Å². The SMILES string of the molecule is COc1cnccc1[C@H](C)NC(=O)N1CCC[C@H](c2ccn[nH]2)C1. The number of nitrogens with zero attached hydrogens (tertiary/aromatic N) is 3. The molecule has 0 radical (unpaired) electrons. The van der Waals surface area contributed by atoms with Gasteiger partial charge in [-0.3, -0.25) is 10.1 Å². The first-order chi connectivity index (χ1) is 11.7. The fraction of sp³-hybridized carbons (Fsp3) is 0.471. The van der Waals surface area contributed by atoms with Crippen LogP contribution in [0.15, 0.2) is 30.7 Å². The van der Waals surface area contributed by atoms with Crippen molar-refractivity contribution in [2.45, 2.75) is 31.7 Å². The third-order valence-corrected chi connectivity index (χ3v) is 4.51. The van der Waals surface area contributed by atoms with Crippen LogP contribution in [0.25, 0.3) is 0 Å². The third kappa shape index (κ3) is 3.50. The number of hydrogen-bond donors (Lipinski definition) is 2.